The quantitative estimate of drug-likeness (QED) is 0.358. The zero-order valence-electron chi connectivity index (χ0n) is 16.9. The summed E-state index contributed by atoms with van der Waals surface area (Å²) in [7, 11) is 1.66. The van der Waals surface area contributed by atoms with E-state index < -0.39 is 0 Å². The minimum absolute atomic E-state index is 0.0370. The number of rotatable bonds is 8. The van der Waals surface area contributed by atoms with Gasteiger partial charge in [-0.3, -0.25) is 4.79 Å². The van der Waals surface area contributed by atoms with Crippen molar-refractivity contribution in [2.24, 2.45) is 0 Å². The van der Waals surface area contributed by atoms with Gasteiger partial charge < -0.3 is 14.2 Å². The summed E-state index contributed by atoms with van der Waals surface area (Å²) in [6.07, 6.45) is 1.66. The Labute approximate surface area is 163 Å². The lowest BCUT2D eigenvalue weighted by Crippen LogP contribution is -2.11. The van der Waals surface area contributed by atoms with E-state index in [0.717, 1.165) is 31.7 Å². The normalized spacial score (nSPS) is 9.52. The third-order valence-corrected chi connectivity index (χ3v) is 3.46. The Hall–Kier alpha value is -2.43. The van der Waals surface area contributed by atoms with Crippen molar-refractivity contribution in [3.63, 3.8) is 0 Å². The molecule has 148 valence electrons. The van der Waals surface area contributed by atoms with Crippen LogP contribution in [0.25, 0.3) is 0 Å². The number of ether oxygens (including phenoxy) is 3. The molecule has 0 amide bonds. The van der Waals surface area contributed by atoms with Gasteiger partial charge in [0.25, 0.3) is 0 Å². The van der Waals surface area contributed by atoms with E-state index >= 15 is 0 Å². The maximum Gasteiger partial charge on any atom is 0.154 e. The Morgan fingerprint density at radius 3 is 2.04 bits per heavy atom. The highest BCUT2D eigenvalue weighted by Crippen LogP contribution is 2.16. The van der Waals surface area contributed by atoms with Gasteiger partial charge in [0, 0.05) is 18.8 Å². The van der Waals surface area contributed by atoms with Crippen LogP contribution in [0.2, 0.25) is 0 Å². The van der Waals surface area contributed by atoms with Crippen molar-refractivity contribution in [3.8, 4) is 5.75 Å². The number of hydrogen-bond acceptors (Lipinski definition) is 4. The number of aldehydes is 1. The average molecular weight is 373 g/mol. The van der Waals surface area contributed by atoms with Crippen molar-refractivity contribution in [3.05, 3.63) is 78.4 Å². The van der Waals surface area contributed by atoms with Gasteiger partial charge in [0.05, 0.1) is 7.11 Å². The highest BCUT2D eigenvalue weighted by atomic mass is 16.7. The first-order chi connectivity index (χ1) is 13.1. The van der Waals surface area contributed by atoms with Crippen LogP contribution >= 0.6 is 0 Å². The van der Waals surface area contributed by atoms with Crippen LogP contribution in [-0.4, -0.2) is 32.9 Å². The van der Waals surface area contributed by atoms with Gasteiger partial charge in [-0.15, -0.1) is 13.2 Å². The van der Waals surface area contributed by atoms with E-state index in [9.17, 15) is 4.79 Å². The van der Waals surface area contributed by atoms with Crippen LogP contribution in [0.3, 0.4) is 0 Å². The van der Waals surface area contributed by atoms with Gasteiger partial charge in [0.2, 0.25) is 0 Å². The maximum absolute atomic E-state index is 10.5. The largest absolute Gasteiger partial charge is 0.497 e. The first-order valence-corrected chi connectivity index (χ1v) is 9.03. The van der Waals surface area contributed by atoms with Crippen LogP contribution in [0, 0.1) is 0 Å². The maximum atomic E-state index is 10.5. The predicted molar refractivity (Wildman–Crippen MR) is 112 cm³/mol. The Kier molecular flexibility index (Phi) is 14.4. The molecule has 0 aromatic heterocycles. The van der Waals surface area contributed by atoms with Gasteiger partial charge in [0.1, 0.15) is 12.0 Å². The third kappa shape index (κ3) is 11.0. The van der Waals surface area contributed by atoms with Crippen LogP contribution < -0.4 is 4.74 Å². The summed E-state index contributed by atoms with van der Waals surface area (Å²) in [5.74, 6) is 0.868. The second kappa shape index (κ2) is 15.8. The fraction of sp³-hybridized carbons (Fsp3) is 0.348. The van der Waals surface area contributed by atoms with E-state index in [1.165, 1.54) is 11.1 Å². The van der Waals surface area contributed by atoms with E-state index in [1.807, 2.05) is 63.2 Å². The lowest BCUT2D eigenvalue weighted by molar-refractivity contribution is -0.123. The Morgan fingerprint density at radius 2 is 1.56 bits per heavy atom. The van der Waals surface area contributed by atoms with Gasteiger partial charge in [-0.1, -0.05) is 36.4 Å². The van der Waals surface area contributed by atoms with E-state index in [1.54, 1.807) is 7.11 Å². The van der Waals surface area contributed by atoms with E-state index in [2.05, 4.69) is 19.2 Å². The fourth-order valence-electron chi connectivity index (χ4n) is 2.25. The molecule has 4 heteroatoms. The van der Waals surface area contributed by atoms with Crippen LogP contribution in [0.1, 0.15) is 42.3 Å². The molecule has 0 unspecified atom stereocenters. The van der Waals surface area contributed by atoms with Gasteiger partial charge >= 0.3 is 0 Å². The van der Waals surface area contributed by atoms with Crippen molar-refractivity contribution in [2.75, 3.05) is 20.3 Å². The summed E-state index contributed by atoms with van der Waals surface area (Å²) >= 11 is 0. The molecule has 0 aliphatic heterocycles. The summed E-state index contributed by atoms with van der Waals surface area (Å²) < 4.78 is 15.3. The van der Waals surface area contributed by atoms with Crippen molar-refractivity contribution < 1.29 is 19.0 Å². The van der Waals surface area contributed by atoms with Crippen LogP contribution in [0.5, 0.6) is 5.75 Å². The minimum atomic E-state index is -0.0370. The van der Waals surface area contributed by atoms with E-state index in [-0.39, 0.29) is 6.29 Å². The molecule has 0 bridgehead atoms. The van der Waals surface area contributed by atoms with Crippen molar-refractivity contribution in [1.82, 2.24) is 0 Å². The first kappa shape index (κ1) is 24.6. The zero-order chi connectivity index (χ0) is 20.5. The molecule has 0 fully saturated rings. The van der Waals surface area contributed by atoms with Gasteiger partial charge in [0.15, 0.2) is 6.29 Å². The molecule has 0 saturated heterocycles. The molecule has 0 radical (unpaired) electrons. The molecular weight excluding hydrogens is 340 g/mol. The molecule has 27 heavy (non-hydrogen) atoms. The van der Waals surface area contributed by atoms with Gasteiger partial charge in [-0.25, -0.2) is 0 Å². The van der Waals surface area contributed by atoms with Gasteiger partial charge in [-0.2, -0.15) is 0 Å². The monoisotopic (exact) mass is 372 g/mol. The highest BCUT2D eigenvalue weighted by Gasteiger charge is 1.99. The zero-order valence-corrected chi connectivity index (χ0v) is 16.9. The molecule has 2 aromatic carbocycles. The summed E-state index contributed by atoms with van der Waals surface area (Å²) in [4.78, 5) is 10.5. The Balaban J connectivity index is 0.000000574. The number of hydrogen-bond donors (Lipinski definition) is 0. The second-order valence-electron chi connectivity index (χ2n) is 5.37. The molecule has 0 aliphatic carbocycles. The van der Waals surface area contributed by atoms with Crippen molar-refractivity contribution in [1.29, 1.82) is 0 Å². The molecule has 0 spiro atoms. The van der Waals surface area contributed by atoms with Crippen LogP contribution in [0.4, 0.5) is 0 Å². The van der Waals surface area contributed by atoms with Gasteiger partial charge in [-0.05, 0) is 50.5 Å². The number of carbonyl (C=O) groups excluding carboxylic acids is 1. The van der Waals surface area contributed by atoms with Crippen LogP contribution in [-0.2, 0) is 15.9 Å². The molecule has 4 nitrogen and oxygen atoms in total. The Morgan fingerprint density at radius 1 is 0.963 bits per heavy atom. The summed E-state index contributed by atoms with van der Waals surface area (Å²) in [5, 5.41) is 0. The van der Waals surface area contributed by atoms with E-state index in [4.69, 9.17) is 14.2 Å². The summed E-state index contributed by atoms with van der Waals surface area (Å²) in [5.41, 5.74) is 3.09. The number of methoxy groups -OCH3 is 1. The third-order valence-electron chi connectivity index (χ3n) is 3.46. The second-order valence-corrected chi connectivity index (χ2v) is 5.37. The topological polar surface area (TPSA) is 44.8 Å². The molecular formula is C23H32O4. The predicted octanol–water partition coefficient (Wildman–Crippen LogP) is 5.31. The SMILES string of the molecule is C=C.CCOC(C)OCC.COc1cccc(Cc2ccc(C=O)cc2)c1. The minimum Gasteiger partial charge on any atom is -0.497 e. The Bertz CT molecular complexity index is 617. The van der Waals surface area contributed by atoms with Crippen LogP contribution in [0.15, 0.2) is 61.7 Å². The molecule has 0 N–H and O–H groups in total. The molecule has 0 heterocycles. The van der Waals surface area contributed by atoms with E-state index in [0.29, 0.717) is 5.56 Å². The first-order valence-electron chi connectivity index (χ1n) is 9.03. The van der Waals surface area contributed by atoms with Crippen molar-refractivity contribution in [2.45, 2.75) is 33.5 Å². The average Bonchev–Trinajstić information content (AvgIpc) is 2.71. The lowest BCUT2D eigenvalue weighted by atomic mass is 10.0. The molecule has 0 aliphatic rings. The standard InChI is InChI=1S/C15H14O2.C6H14O2.C2H4/c1-17-15-4-2-3-14(10-15)9-12-5-7-13(11-16)8-6-12;1-4-7-6(3)8-5-2;1-2/h2-8,10-11H,9H2,1H3;6H,4-5H2,1-3H3;1-2H2. The fourth-order valence-corrected chi connectivity index (χ4v) is 2.25. The lowest BCUT2D eigenvalue weighted by Gasteiger charge is -2.09. The molecule has 2 aromatic rings. The molecule has 2 rings (SSSR count). The smallest absolute Gasteiger partial charge is 0.154 e. The highest BCUT2D eigenvalue weighted by molar-refractivity contribution is 5.74. The number of benzene rings is 2. The molecule has 0 atom stereocenters. The van der Waals surface area contributed by atoms with Crippen molar-refractivity contribution >= 4 is 6.29 Å². The summed E-state index contributed by atoms with van der Waals surface area (Å²) in [6.45, 7) is 13.3. The molecule has 0 saturated carbocycles. The number of carbonyl (C=O) groups is 1. The summed E-state index contributed by atoms with van der Waals surface area (Å²) in [6, 6.07) is 15.6.